The number of nitrogens with one attached hydrogen (secondary N) is 1. The predicted octanol–water partition coefficient (Wildman–Crippen LogP) is 2.93. The van der Waals surface area contributed by atoms with E-state index in [0.717, 1.165) is 18.8 Å². The fourth-order valence-electron chi connectivity index (χ4n) is 2.35. The molecule has 2 rings (SSSR count). The minimum atomic E-state index is -4.10. The van der Waals surface area contributed by atoms with Crippen LogP contribution < -0.4 is 5.32 Å². The third kappa shape index (κ3) is 6.11. The van der Waals surface area contributed by atoms with Crippen LogP contribution in [0, 0.1) is 0 Å². The molecular formula is C14H19ClF3N3. The van der Waals surface area contributed by atoms with Crippen LogP contribution in [0.4, 0.5) is 18.9 Å². The van der Waals surface area contributed by atoms with E-state index in [-0.39, 0.29) is 0 Å². The van der Waals surface area contributed by atoms with E-state index < -0.39 is 12.7 Å². The van der Waals surface area contributed by atoms with Gasteiger partial charge < -0.3 is 5.32 Å². The Labute approximate surface area is 127 Å². The first-order valence-electron chi connectivity index (χ1n) is 6.93. The van der Waals surface area contributed by atoms with Crippen molar-refractivity contribution < 1.29 is 13.2 Å². The summed E-state index contributed by atoms with van der Waals surface area (Å²) in [4.78, 5) is 3.64. The van der Waals surface area contributed by atoms with E-state index in [1.165, 1.54) is 4.90 Å². The van der Waals surface area contributed by atoms with Crippen LogP contribution in [0.25, 0.3) is 0 Å². The van der Waals surface area contributed by atoms with Crippen molar-refractivity contribution in [3.63, 3.8) is 0 Å². The molecule has 0 unspecified atom stereocenters. The zero-order valence-corrected chi connectivity index (χ0v) is 12.4. The van der Waals surface area contributed by atoms with Crippen LogP contribution in [0.3, 0.4) is 0 Å². The Kier molecular flexibility index (Phi) is 5.72. The molecule has 118 valence electrons. The second-order valence-electron chi connectivity index (χ2n) is 5.17. The van der Waals surface area contributed by atoms with E-state index >= 15 is 0 Å². The van der Waals surface area contributed by atoms with Gasteiger partial charge >= 0.3 is 6.18 Å². The average molecular weight is 322 g/mol. The number of halogens is 4. The van der Waals surface area contributed by atoms with Crippen molar-refractivity contribution in [3.05, 3.63) is 29.3 Å². The van der Waals surface area contributed by atoms with E-state index in [4.69, 9.17) is 11.6 Å². The molecule has 0 bridgehead atoms. The Hall–Kier alpha value is -0.980. The quantitative estimate of drug-likeness (QED) is 0.899. The van der Waals surface area contributed by atoms with Crippen molar-refractivity contribution >= 4 is 17.3 Å². The number of hydrogen-bond donors (Lipinski definition) is 1. The molecule has 1 aliphatic heterocycles. The first-order valence-corrected chi connectivity index (χ1v) is 7.31. The van der Waals surface area contributed by atoms with Crippen LogP contribution >= 0.6 is 11.6 Å². The van der Waals surface area contributed by atoms with Crippen LogP contribution in [-0.2, 0) is 0 Å². The molecule has 0 saturated carbocycles. The summed E-state index contributed by atoms with van der Waals surface area (Å²) < 4.78 is 36.8. The lowest BCUT2D eigenvalue weighted by Crippen LogP contribution is -2.50. The maximum Gasteiger partial charge on any atom is 0.401 e. The van der Waals surface area contributed by atoms with E-state index in [2.05, 4.69) is 10.2 Å². The number of hydrogen-bond acceptors (Lipinski definition) is 3. The molecule has 0 amide bonds. The van der Waals surface area contributed by atoms with Crippen LogP contribution in [0.15, 0.2) is 24.3 Å². The summed E-state index contributed by atoms with van der Waals surface area (Å²) >= 11 is 5.81. The minimum Gasteiger partial charge on any atom is -0.384 e. The molecule has 1 aliphatic rings. The number of piperazine rings is 1. The average Bonchev–Trinajstić information content (AvgIpc) is 2.41. The molecule has 7 heteroatoms. The van der Waals surface area contributed by atoms with Crippen LogP contribution in [0.5, 0.6) is 0 Å². The summed E-state index contributed by atoms with van der Waals surface area (Å²) in [6.45, 7) is 3.09. The fraction of sp³-hybridized carbons (Fsp3) is 0.571. The summed E-state index contributed by atoms with van der Waals surface area (Å²) in [6, 6.07) is 7.45. The van der Waals surface area contributed by atoms with Crippen molar-refractivity contribution in [1.29, 1.82) is 0 Å². The Balaban J connectivity index is 1.64. The van der Waals surface area contributed by atoms with Gasteiger partial charge in [0.25, 0.3) is 0 Å². The van der Waals surface area contributed by atoms with E-state index in [0.29, 0.717) is 31.2 Å². The number of benzene rings is 1. The molecule has 21 heavy (non-hydrogen) atoms. The predicted molar refractivity (Wildman–Crippen MR) is 78.9 cm³/mol. The Morgan fingerprint density at radius 3 is 2.14 bits per heavy atom. The molecule has 1 saturated heterocycles. The van der Waals surface area contributed by atoms with E-state index in [1.54, 1.807) is 0 Å². The Bertz CT molecular complexity index is 428. The van der Waals surface area contributed by atoms with Gasteiger partial charge in [-0.05, 0) is 24.3 Å². The highest BCUT2D eigenvalue weighted by molar-refractivity contribution is 6.30. The zero-order valence-electron chi connectivity index (χ0n) is 11.7. The molecule has 1 aromatic carbocycles. The fourth-order valence-corrected chi connectivity index (χ4v) is 2.48. The maximum absolute atomic E-state index is 12.3. The summed E-state index contributed by atoms with van der Waals surface area (Å²) in [7, 11) is 0. The lowest BCUT2D eigenvalue weighted by Gasteiger charge is -2.35. The van der Waals surface area contributed by atoms with Gasteiger partial charge in [0.05, 0.1) is 6.54 Å². The standard InChI is InChI=1S/C14H19ClF3N3/c15-12-1-3-13(4-2-12)19-5-6-20-7-9-21(10-8-20)11-14(16,17)18/h1-4,19H,5-11H2. The van der Waals surface area contributed by atoms with Crippen molar-refractivity contribution in [3.8, 4) is 0 Å². The molecule has 1 aromatic rings. The van der Waals surface area contributed by atoms with Gasteiger partial charge in [0.15, 0.2) is 0 Å². The van der Waals surface area contributed by atoms with Gasteiger partial charge in [-0.2, -0.15) is 13.2 Å². The monoisotopic (exact) mass is 321 g/mol. The normalized spacial score (nSPS) is 17.9. The third-order valence-electron chi connectivity index (χ3n) is 3.47. The minimum absolute atomic E-state index is 0.473. The van der Waals surface area contributed by atoms with Gasteiger partial charge in [0.1, 0.15) is 0 Å². The molecule has 0 aliphatic carbocycles. The van der Waals surface area contributed by atoms with Gasteiger partial charge in [0.2, 0.25) is 0 Å². The lowest BCUT2D eigenvalue weighted by molar-refractivity contribution is -0.149. The van der Waals surface area contributed by atoms with Gasteiger partial charge in [-0.15, -0.1) is 0 Å². The van der Waals surface area contributed by atoms with Gasteiger partial charge in [0, 0.05) is 50.0 Å². The smallest absolute Gasteiger partial charge is 0.384 e. The molecule has 0 atom stereocenters. The zero-order chi connectivity index (χ0) is 15.3. The van der Waals surface area contributed by atoms with Gasteiger partial charge in [-0.3, -0.25) is 9.80 Å². The molecule has 1 heterocycles. The first kappa shape index (κ1) is 16.4. The Morgan fingerprint density at radius 2 is 1.57 bits per heavy atom. The van der Waals surface area contributed by atoms with Crippen molar-refractivity contribution in [2.24, 2.45) is 0 Å². The SMILES string of the molecule is FC(F)(F)CN1CCN(CCNc2ccc(Cl)cc2)CC1. The van der Waals surface area contributed by atoms with Crippen LogP contribution in [-0.4, -0.2) is 61.8 Å². The van der Waals surface area contributed by atoms with Crippen LogP contribution in [0.2, 0.25) is 5.02 Å². The topological polar surface area (TPSA) is 18.5 Å². The van der Waals surface area contributed by atoms with Gasteiger partial charge in [-0.1, -0.05) is 11.6 Å². The van der Waals surface area contributed by atoms with Crippen molar-refractivity contribution in [1.82, 2.24) is 9.80 Å². The first-order chi connectivity index (χ1) is 9.92. The van der Waals surface area contributed by atoms with Crippen LogP contribution in [0.1, 0.15) is 0 Å². The van der Waals surface area contributed by atoms with E-state index in [9.17, 15) is 13.2 Å². The summed E-state index contributed by atoms with van der Waals surface area (Å²) in [5.74, 6) is 0. The number of alkyl halides is 3. The van der Waals surface area contributed by atoms with Crippen molar-refractivity contribution in [2.75, 3.05) is 51.1 Å². The largest absolute Gasteiger partial charge is 0.401 e. The summed E-state index contributed by atoms with van der Waals surface area (Å²) in [5.41, 5.74) is 0.995. The lowest BCUT2D eigenvalue weighted by atomic mass is 10.3. The second-order valence-corrected chi connectivity index (χ2v) is 5.60. The highest BCUT2D eigenvalue weighted by Gasteiger charge is 2.31. The number of nitrogens with zero attached hydrogens (tertiary/aromatic N) is 2. The number of rotatable bonds is 5. The summed E-state index contributed by atoms with van der Waals surface area (Å²) in [5, 5.41) is 3.97. The molecule has 0 spiro atoms. The van der Waals surface area contributed by atoms with Gasteiger partial charge in [-0.25, -0.2) is 0 Å². The maximum atomic E-state index is 12.3. The number of anilines is 1. The second kappa shape index (κ2) is 7.33. The highest BCUT2D eigenvalue weighted by Crippen LogP contribution is 2.17. The van der Waals surface area contributed by atoms with E-state index in [1.807, 2.05) is 24.3 Å². The third-order valence-corrected chi connectivity index (χ3v) is 3.72. The molecule has 1 N–H and O–H groups in total. The molecular weight excluding hydrogens is 303 g/mol. The summed E-state index contributed by atoms with van der Waals surface area (Å²) in [6.07, 6.45) is -4.10. The molecule has 0 aromatic heterocycles. The van der Waals surface area contributed by atoms with Crippen molar-refractivity contribution in [2.45, 2.75) is 6.18 Å². The Morgan fingerprint density at radius 1 is 1.00 bits per heavy atom. The molecule has 3 nitrogen and oxygen atoms in total. The molecule has 0 radical (unpaired) electrons. The molecule has 1 fully saturated rings. The highest BCUT2D eigenvalue weighted by atomic mass is 35.5.